The Hall–Kier alpha value is -3.49. The number of hydrogen-bond acceptors (Lipinski definition) is 8. The summed E-state index contributed by atoms with van der Waals surface area (Å²) < 4.78 is 7.52. The summed E-state index contributed by atoms with van der Waals surface area (Å²) in [7, 11) is 3.94. The molecule has 203 valence electrons. The van der Waals surface area contributed by atoms with E-state index in [1.54, 1.807) is 11.1 Å². The first-order valence-corrected chi connectivity index (χ1v) is 14.9. The van der Waals surface area contributed by atoms with Crippen LogP contribution in [0.2, 0.25) is 0 Å². The number of piperazine rings is 1. The fraction of sp³-hybridized carbons (Fsp3) is 0.393. The third-order valence-electron chi connectivity index (χ3n) is 6.29. The number of carbonyl (C=O) groups excluding carboxylic acids is 1. The van der Waals surface area contributed by atoms with Gasteiger partial charge in [-0.15, -0.1) is 0 Å². The molecule has 1 fully saturated rings. The Kier molecular flexibility index (Phi) is 7.86. The van der Waals surface area contributed by atoms with E-state index in [4.69, 9.17) is 9.72 Å². The second kappa shape index (κ2) is 11.3. The van der Waals surface area contributed by atoms with Crippen LogP contribution in [-0.2, 0) is 11.3 Å². The maximum absolute atomic E-state index is 12.4. The fourth-order valence-corrected chi connectivity index (χ4v) is 6.23. The van der Waals surface area contributed by atoms with Crippen molar-refractivity contribution in [1.29, 1.82) is 0 Å². The SMILES string of the molecule is CN(C)c1ccnc(-c2ccc3nc([As]c4cc(CN5CCN(C(=O)OC(C)(C)C)CC5)ccn4)[nH]c3c2)n1. The number of rotatable bonds is 6. The molecule has 0 atom stereocenters. The van der Waals surface area contributed by atoms with Gasteiger partial charge in [-0.05, 0) is 0 Å². The van der Waals surface area contributed by atoms with Crippen LogP contribution in [0.1, 0.15) is 26.3 Å². The minimum absolute atomic E-state index is 0.232. The fourth-order valence-electron chi connectivity index (χ4n) is 4.33. The molecular weight excluding hydrogens is 555 g/mol. The van der Waals surface area contributed by atoms with Gasteiger partial charge in [-0.25, -0.2) is 0 Å². The zero-order chi connectivity index (χ0) is 27.6. The number of amides is 1. The predicted octanol–water partition coefficient (Wildman–Crippen LogP) is 2.19. The van der Waals surface area contributed by atoms with Crippen molar-refractivity contribution in [3.05, 3.63) is 54.4 Å². The van der Waals surface area contributed by atoms with E-state index in [0.717, 1.165) is 51.1 Å². The molecule has 11 heteroatoms. The van der Waals surface area contributed by atoms with Gasteiger partial charge in [-0.3, -0.25) is 0 Å². The van der Waals surface area contributed by atoms with E-state index in [-0.39, 0.29) is 6.09 Å². The van der Waals surface area contributed by atoms with Gasteiger partial charge in [-0.1, -0.05) is 0 Å². The van der Waals surface area contributed by atoms with E-state index < -0.39 is 21.4 Å². The molecule has 1 saturated heterocycles. The number of ether oxygens (including phenoxy) is 1. The third kappa shape index (κ3) is 6.94. The Morgan fingerprint density at radius 2 is 1.79 bits per heavy atom. The van der Waals surface area contributed by atoms with Gasteiger partial charge < -0.3 is 0 Å². The molecule has 4 aromatic rings. The Bertz CT molecular complexity index is 1460. The van der Waals surface area contributed by atoms with Crippen molar-refractivity contribution in [3.63, 3.8) is 0 Å². The van der Waals surface area contributed by atoms with Gasteiger partial charge in [0.2, 0.25) is 0 Å². The van der Waals surface area contributed by atoms with Crippen molar-refractivity contribution >= 4 is 47.8 Å². The van der Waals surface area contributed by atoms with Gasteiger partial charge in [-0.2, -0.15) is 0 Å². The van der Waals surface area contributed by atoms with E-state index in [9.17, 15) is 4.79 Å². The van der Waals surface area contributed by atoms with Crippen LogP contribution in [0, 0.1) is 0 Å². The summed E-state index contributed by atoms with van der Waals surface area (Å²) in [4.78, 5) is 40.5. The summed E-state index contributed by atoms with van der Waals surface area (Å²) in [5.41, 5.74) is 3.59. The number of hydrogen-bond donors (Lipinski definition) is 1. The monoisotopic (exact) mass is 589 g/mol. The van der Waals surface area contributed by atoms with Crippen LogP contribution in [0.4, 0.5) is 10.6 Å². The summed E-state index contributed by atoms with van der Waals surface area (Å²) in [6, 6.07) is 12.2. The minimum atomic E-state index is -0.473. The molecule has 5 rings (SSSR count). The zero-order valence-corrected chi connectivity index (χ0v) is 24.9. The first kappa shape index (κ1) is 27.1. The molecule has 0 saturated carbocycles. The molecular formula is C28H34AsN8O2. The van der Waals surface area contributed by atoms with E-state index in [0.29, 0.717) is 18.9 Å². The molecule has 39 heavy (non-hydrogen) atoms. The van der Waals surface area contributed by atoms with Gasteiger partial charge >= 0.3 is 236 Å². The molecule has 1 aromatic carbocycles. The standard InChI is InChI=1S/C28H34AsN8O2/c1-28(2,3)39-27(38)37-14-12-36(13-15-37)18-19-8-10-30-23(16-19)29-26-32-21-7-6-20(17-22(21)33-26)25-31-11-9-24(34-25)35(4)5/h6-11,16-17H,12-15,18H2,1-5H3,(H,32,33). The van der Waals surface area contributed by atoms with Crippen LogP contribution < -0.4 is 14.0 Å². The first-order valence-electron chi connectivity index (χ1n) is 13.0. The summed E-state index contributed by atoms with van der Waals surface area (Å²) in [5.74, 6) is 1.56. The van der Waals surface area contributed by atoms with Crippen molar-refractivity contribution in [1.82, 2.24) is 34.7 Å². The number of carbonyl (C=O) groups is 1. The Morgan fingerprint density at radius 3 is 2.54 bits per heavy atom. The third-order valence-corrected chi connectivity index (χ3v) is 8.17. The zero-order valence-electron chi connectivity index (χ0n) is 23.0. The van der Waals surface area contributed by atoms with Crippen molar-refractivity contribution in [3.8, 4) is 11.4 Å². The number of H-pyrrole nitrogens is 1. The van der Waals surface area contributed by atoms with E-state index in [2.05, 4.69) is 43.0 Å². The molecule has 4 heterocycles. The number of anilines is 1. The molecule has 0 unspecified atom stereocenters. The maximum atomic E-state index is 12.4. The Balaban J connectivity index is 1.22. The number of imidazole rings is 1. The van der Waals surface area contributed by atoms with E-state index in [1.807, 2.05) is 64.2 Å². The second-order valence-corrected chi connectivity index (χ2v) is 13.1. The van der Waals surface area contributed by atoms with Crippen LogP contribution in [0.15, 0.2) is 48.8 Å². The van der Waals surface area contributed by atoms with Gasteiger partial charge in [0.05, 0.1) is 0 Å². The summed E-state index contributed by atoms with van der Waals surface area (Å²) in [6.45, 7) is 9.49. The quantitative estimate of drug-likeness (QED) is 0.342. The van der Waals surface area contributed by atoms with E-state index in [1.165, 1.54) is 5.56 Å². The normalized spacial score (nSPS) is 14.8. The molecule has 0 aliphatic carbocycles. The van der Waals surface area contributed by atoms with Crippen LogP contribution >= 0.6 is 0 Å². The average Bonchev–Trinajstić information content (AvgIpc) is 3.30. The van der Waals surface area contributed by atoms with Gasteiger partial charge in [0.25, 0.3) is 0 Å². The van der Waals surface area contributed by atoms with Gasteiger partial charge in [0.15, 0.2) is 0 Å². The van der Waals surface area contributed by atoms with Crippen LogP contribution in [0.5, 0.6) is 0 Å². The predicted molar refractivity (Wildman–Crippen MR) is 154 cm³/mol. The van der Waals surface area contributed by atoms with Gasteiger partial charge in [0, 0.05) is 0 Å². The number of fused-ring (bicyclic) bond motifs is 1. The van der Waals surface area contributed by atoms with Gasteiger partial charge in [0.1, 0.15) is 0 Å². The number of benzene rings is 1. The molecule has 1 amide bonds. The van der Waals surface area contributed by atoms with Crippen LogP contribution in [-0.4, -0.2) is 102 Å². The summed E-state index contributed by atoms with van der Waals surface area (Å²) in [6.07, 6.45) is 3.43. The molecule has 1 N–H and O–H groups in total. The molecule has 1 radical (unpaired) electrons. The second-order valence-electron chi connectivity index (χ2n) is 10.8. The molecule has 1 aliphatic rings. The molecule has 0 spiro atoms. The number of aromatic amines is 1. The van der Waals surface area contributed by atoms with Crippen LogP contribution in [0.3, 0.4) is 0 Å². The summed E-state index contributed by atoms with van der Waals surface area (Å²) in [5, 5.41) is 0. The van der Waals surface area contributed by atoms with Crippen molar-refractivity contribution in [2.45, 2.75) is 32.9 Å². The molecule has 3 aromatic heterocycles. The van der Waals surface area contributed by atoms with Crippen molar-refractivity contribution < 1.29 is 9.53 Å². The van der Waals surface area contributed by atoms with E-state index >= 15 is 0 Å². The van der Waals surface area contributed by atoms with Crippen molar-refractivity contribution in [2.75, 3.05) is 45.2 Å². The van der Waals surface area contributed by atoms with Crippen molar-refractivity contribution in [2.24, 2.45) is 0 Å². The average molecular weight is 590 g/mol. The number of nitrogens with one attached hydrogen (secondary N) is 1. The molecule has 0 bridgehead atoms. The number of pyridine rings is 1. The van der Waals surface area contributed by atoms with Crippen LogP contribution in [0.25, 0.3) is 22.4 Å². The number of aromatic nitrogens is 5. The Morgan fingerprint density at radius 1 is 1.03 bits per heavy atom. The Labute approximate surface area is 235 Å². The first-order chi connectivity index (χ1) is 18.6. The number of nitrogens with zero attached hydrogens (tertiary/aromatic N) is 7. The molecule has 10 nitrogen and oxygen atoms in total. The molecule has 1 aliphatic heterocycles. The topological polar surface area (TPSA) is 103 Å². The summed E-state index contributed by atoms with van der Waals surface area (Å²) >= 11 is -0.399.